The summed E-state index contributed by atoms with van der Waals surface area (Å²) in [5.41, 5.74) is 15.7. The van der Waals surface area contributed by atoms with E-state index in [0.29, 0.717) is 111 Å². The molecule has 15 heteroatoms. The fourth-order valence-corrected chi connectivity index (χ4v) is 17.5. The fraction of sp³-hybridized carbons (Fsp3) is 0.626. The maximum absolute atomic E-state index is 11.8. The molecule has 8 aliphatic carbocycles. The van der Waals surface area contributed by atoms with Gasteiger partial charge in [0.15, 0.2) is 0 Å². The number of hydrogen-bond donors (Lipinski definition) is 7. The van der Waals surface area contributed by atoms with Crippen molar-refractivity contribution in [3.8, 4) is 0 Å². The summed E-state index contributed by atoms with van der Waals surface area (Å²) in [5.74, 6) is 4.22. The van der Waals surface area contributed by atoms with E-state index in [9.17, 15) is 24.0 Å². The van der Waals surface area contributed by atoms with E-state index in [4.69, 9.17) is 25.4 Å². The number of nitrogens with one attached hydrogen (secondary N) is 4. The number of ketones is 1. The smallest absolute Gasteiger partial charge is 0.306 e. The number of aliphatic carboxylic acids is 2. The van der Waals surface area contributed by atoms with Gasteiger partial charge in [-0.15, -0.1) is 12.4 Å². The molecule has 0 aromatic heterocycles. The average Bonchev–Trinajstić information content (AvgIpc) is 1.68. The van der Waals surface area contributed by atoms with Crippen LogP contribution in [0.4, 0.5) is 0 Å². The summed E-state index contributed by atoms with van der Waals surface area (Å²) in [5, 5.41) is 32.9. The second-order valence-corrected chi connectivity index (χ2v) is 36.7. The number of halogens is 1. The fourth-order valence-electron chi connectivity index (χ4n) is 17.5. The molecule has 0 unspecified atom stereocenters. The summed E-state index contributed by atoms with van der Waals surface area (Å²) in [6.45, 7) is 21.0. The topological polar surface area (TPSA) is 218 Å². The lowest BCUT2D eigenvalue weighted by Crippen LogP contribution is -2.35. The Balaban J connectivity index is 0.000000202. The Bertz CT molecular complexity index is 3460. The highest BCUT2D eigenvalue weighted by atomic mass is 35.5. The van der Waals surface area contributed by atoms with Crippen LogP contribution >= 0.6 is 12.4 Å². The highest BCUT2D eigenvalue weighted by molar-refractivity contribution is 5.85. The zero-order chi connectivity index (χ0) is 81.1. The monoisotopic (exact) mass is 1590 g/mol. The predicted octanol–water partition coefficient (Wildman–Crippen LogP) is 22.1. The van der Waals surface area contributed by atoms with Gasteiger partial charge in [0.25, 0.3) is 0 Å². The van der Waals surface area contributed by atoms with Gasteiger partial charge in [-0.1, -0.05) is 206 Å². The van der Waals surface area contributed by atoms with Gasteiger partial charge in [0.1, 0.15) is 17.0 Å². The molecule has 8 aliphatic rings. The maximum atomic E-state index is 11.8. The lowest BCUT2D eigenvalue weighted by Gasteiger charge is -2.29. The predicted molar refractivity (Wildman–Crippen MR) is 473 cm³/mol. The molecule has 0 aliphatic heterocycles. The maximum Gasteiger partial charge on any atom is 0.306 e. The van der Waals surface area contributed by atoms with Crippen molar-refractivity contribution >= 4 is 66.4 Å². The van der Waals surface area contributed by atoms with Crippen LogP contribution in [0.2, 0.25) is 0 Å². The van der Waals surface area contributed by atoms with Crippen molar-refractivity contribution < 1.29 is 43.7 Å². The first kappa shape index (κ1) is 94.6. The van der Waals surface area contributed by atoms with Crippen LogP contribution in [0.15, 0.2) is 144 Å². The molecule has 14 nitrogen and oxygen atoms in total. The molecule has 0 saturated heterocycles. The van der Waals surface area contributed by atoms with E-state index in [1.807, 2.05) is 41.5 Å². The second kappa shape index (κ2) is 49.6. The molecular formula is C99H148ClN5O9. The third-order valence-corrected chi connectivity index (χ3v) is 24.3. The first-order valence-corrected chi connectivity index (χ1v) is 44.3. The van der Waals surface area contributed by atoms with Crippen molar-refractivity contribution in [3.63, 3.8) is 0 Å². The van der Waals surface area contributed by atoms with Crippen LogP contribution in [-0.4, -0.2) is 106 Å². The van der Waals surface area contributed by atoms with Crippen LogP contribution in [0, 0.1) is 41.4 Å². The van der Waals surface area contributed by atoms with Gasteiger partial charge in [0, 0.05) is 86.9 Å². The quantitative estimate of drug-likeness (QED) is 0.0171. The van der Waals surface area contributed by atoms with Gasteiger partial charge in [-0.2, -0.15) is 0 Å². The van der Waals surface area contributed by atoms with Crippen LogP contribution in [0.5, 0.6) is 0 Å². The molecule has 4 aromatic rings. The van der Waals surface area contributed by atoms with Gasteiger partial charge in [-0.25, -0.2) is 0 Å². The van der Waals surface area contributed by atoms with Gasteiger partial charge >= 0.3 is 23.9 Å². The number of carbonyl (C=O) groups excluding carboxylic acids is 3. The molecule has 8 atom stereocenters. The van der Waals surface area contributed by atoms with E-state index >= 15 is 0 Å². The number of carboxylic acid groups (broad SMARTS) is 2. The van der Waals surface area contributed by atoms with E-state index in [1.54, 1.807) is 0 Å². The largest absolute Gasteiger partial charge is 0.481 e. The Kier molecular flexibility index (Phi) is 41.2. The number of carbonyl (C=O) groups is 5. The molecule has 630 valence electrons. The number of rotatable bonds is 34. The first-order chi connectivity index (χ1) is 54.2. The van der Waals surface area contributed by atoms with E-state index in [2.05, 4.69) is 195 Å². The van der Waals surface area contributed by atoms with Gasteiger partial charge in [-0.05, 0) is 281 Å². The summed E-state index contributed by atoms with van der Waals surface area (Å²) in [6.07, 6.45) is 45.7. The number of Topliss-reactive ketones (excluding diaryl/α,β-unsaturated/α-hetero) is 1. The van der Waals surface area contributed by atoms with E-state index in [1.165, 1.54) is 167 Å². The van der Waals surface area contributed by atoms with Crippen LogP contribution in [0.25, 0.3) is 24.3 Å². The van der Waals surface area contributed by atoms with Crippen molar-refractivity contribution in [3.05, 3.63) is 166 Å². The number of ether oxygens (including phenoxy) is 2. The van der Waals surface area contributed by atoms with Crippen LogP contribution in [0.1, 0.15) is 310 Å². The first-order valence-electron chi connectivity index (χ1n) is 44.3. The molecule has 0 amide bonds. The van der Waals surface area contributed by atoms with E-state index in [0.717, 1.165) is 87.9 Å². The molecule has 0 heterocycles. The Hall–Kier alpha value is -6.52. The van der Waals surface area contributed by atoms with Crippen LogP contribution in [-0.2, 0) is 33.4 Å². The summed E-state index contributed by atoms with van der Waals surface area (Å²) < 4.78 is 10.4. The SMILES string of the molecule is C/C(=C\c1ccccc1)[C@@H]1C[C@H]1NC1CCC(=O)CC1.C/C(=C\c1ccccc1)[C@@H]1C[C@H]1NC1CCC(CCCCC(=O)O)CC1.C/C(=C\c1ccccc1)[C@@H]1C[C@H]1NC1CCC(CCCCC(=O)O)CC1.C/C(=C\c1ccccc1)[C@@H]1C[C@H]1NC1CCC(CCCCC(=O)OC(C)(C)C)CC1.CC(C)(C)OC(=O)CCCN.Cl. The van der Waals surface area contributed by atoms with E-state index in [-0.39, 0.29) is 35.5 Å². The molecule has 8 fully saturated rings. The molecular weight excluding hydrogens is 1440 g/mol. The van der Waals surface area contributed by atoms with E-state index < -0.39 is 11.9 Å². The molecule has 0 spiro atoms. The molecule has 0 bridgehead atoms. The molecule has 12 rings (SSSR count). The van der Waals surface area contributed by atoms with Crippen LogP contribution in [0.3, 0.4) is 0 Å². The van der Waals surface area contributed by atoms with Crippen molar-refractivity contribution in [1.82, 2.24) is 21.3 Å². The normalized spacial score (nSPS) is 26.1. The third-order valence-electron chi connectivity index (χ3n) is 24.3. The minimum absolute atomic E-state index is 0. The lowest BCUT2D eigenvalue weighted by molar-refractivity contribution is -0.156. The van der Waals surface area contributed by atoms with Gasteiger partial charge < -0.3 is 46.7 Å². The summed E-state index contributed by atoms with van der Waals surface area (Å²) in [7, 11) is 0. The number of carboxylic acids is 2. The minimum Gasteiger partial charge on any atom is -0.481 e. The third kappa shape index (κ3) is 38.7. The Morgan fingerprint density at radius 1 is 0.377 bits per heavy atom. The highest BCUT2D eigenvalue weighted by Crippen LogP contribution is 2.44. The van der Waals surface area contributed by atoms with Crippen molar-refractivity contribution in [1.29, 1.82) is 0 Å². The Morgan fingerprint density at radius 3 is 0.868 bits per heavy atom. The zero-order valence-corrected chi connectivity index (χ0v) is 72.3. The average molecular weight is 1590 g/mol. The van der Waals surface area contributed by atoms with Crippen molar-refractivity contribution in [2.24, 2.45) is 47.2 Å². The van der Waals surface area contributed by atoms with Gasteiger partial charge in [-0.3, -0.25) is 24.0 Å². The Labute approximate surface area is 694 Å². The number of benzene rings is 4. The molecule has 8 saturated carbocycles. The molecule has 8 N–H and O–H groups in total. The Morgan fingerprint density at radius 2 is 0.623 bits per heavy atom. The number of esters is 2. The van der Waals surface area contributed by atoms with Gasteiger partial charge in [0.2, 0.25) is 0 Å². The van der Waals surface area contributed by atoms with Crippen LogP contribution < -0.4 is 27.0 Å². The lowest BCUT2D eigenvalue weighted by atomic mass is 9.83. The summed E-state index contributed by atoms with van der Waals surface area (Å²) >= 11 is 0. The van der Waals surface area contributed by atoms with Crippen molar-refractivity contribution in [2.75, 3.05) is 6.54 Å². The number of nitrogens with two attached hydrogens (primary N) is 1. The van der Waals surface area contributed by atoms with Crippen molar-refractivity contribution in [2.45, 2.75) is 347 Å². The number of unbranched alkanes of at least 4 members (excludes halogenated alkanes) is 3. The summed E-state index contributed by atoms with van der Waals surface area (Å²) in [4.78, 5) is 55.1. The van der Waals surface area contributed by atoms with Gasteiger partial charge in [0.05, 0.1) is 0 Å². The molecule has 0 radical (unpaired) electrons. The highest BCUT2D eigenvalue weighted by Gasteiger charge is 2.43. The zero-order valence-electron chi connectivity index (χ0n) is 71.5. The standard InChI is InChI=1S/C27H41NO2.2C23H33NO2.C18H23NO.C8H17NO2.ClH/c1-20(18-22-11-6-5-7-12-22)24-19-25(24)28-23-16-14-21(15-17-23)10-8-9-13-26(29)30-27(2,3)4;2*1-17(15-19-8-3-2-4-9-19)21-16-22(21)24-20-13-11-18(12-14-20)7-5-6-10-23(25)26;1-13(11-14-5-3-2-4-6-14)17-12-18(17)19-15-7-9-16(20)10-8-15;1-8(2,3)11-7(10)5-4-6-9;/h5-7,11-12,18,21,23-25,28H,8-10,13-17,19H2,1-4H3;2*2-4,8-9,15,18,20-22,24H,5-7,10-14,16H2,1H3,(H,25,26);2-6,11,15,17-19H,7-10,12H2,1H3;4-6,9H2,1-3H3;1H/b20-18+;2*17-15+;13-11+;;/t21?,23?,24-,25+;2*18?,20?,21-,22+;17-,18+;;/m0000../s1. The summed E-state index contributed by atoms with van der Waals surface area (Å²) in [6, 6.07) is 47.7. The number of hydrogen-bond acceptors (Lipinski definition) is 12. The molecule has 4 aromatic carbocycles. The minimum atomic E-state index is -0.659. The molecule has 114 heavy (non-hydrogen) atoms. The second-order valence-electron chi connectivity index (χ2n) is 36.7.